The summed E-state index contributed by atoms with van der Waals surface area (Å²) in [6, 6.07) is 11.9. The molecule has 5 nitrogen and oxygen atoms in total. The largest absolute Gasteiger partial charge is 0.418 e. The number of hydrogen-bond acceptors (Lipinski definition) is 5. The molecule has 3 aromatic rings. The molecule has 9 heteroatoms. The first-order valence-electron chi connectivity index (χ1n) is 7.76. The minimum atomic E-state index is -4.54. The fraction of sp³-hybridized carbons (Fsp3) is 0.111. The van der Waals surface area contributed by atoms with Crippen LogP contribution in [0.3, 0.4) is 0 Å². The molecule has 0 bridgehead atoms. The molecule has 0 aliphatic rings. The highest BCUT2D eigenvalue weighted by molar-refractivity contribution is 7.99. The Kier molecular flexibility index (Phi) is 5.70. The number of pyridine rings is 1. The number of carbonyl (C=O) groups excluding carboxylic acids is 1. The average molecular weight is 390 g/mol. The number of aromatic nitrogens is 3. The van der Waals surface area contributed by atoms with E-state index in [0.717, 1.165) is 23.4 Å². The van der Waals surface area contributed by atoms with Gasteiger partial charge in [-0.05, 0) is 36.4 Å². The molecule has 138 valence electrons. The second-order valence-electron chi connectivity index (χ2n) is 5.37. The SMILES string of the molecule is O=C(CSc1ccc(-c2ccncc2)nn1)Nc1ccccc1C(F)(F)F. The molecule has 3 rings (SSSR count). The Balaban J connectivity index is 1.60. The lowest BCUT2D eigenvalue weighted by atomic mass is 10.1. The summed E-state index contributed by atoms with van der Waals surface area (Å²) in [5.74, 6) is -0.646. The summed E-state index contributed by atoms with van der Waals surface area (Å²) in [4.78, 5) is 15.9. The number of benzene rings is 1. The van der Waals surface area contributed by atoms with Crippen molar-refractivity contribution in [1.82, 2.24) is 15.2 Å². The Morgan fingerprint density at radius 1 is 1.00 bits per heavy atom. The van der Waals surface area contributed by atoms with Crippen LogP contribution in [0.15, 0.2) is 66.0 Å². The molecule has 0 radical (unpaired) electrons. The summed E-state index contributed by atoms with van der Waals surface area (Å²) in [5, 5.41) is 10.9. The highest BCUT2D eigenvalue weighted by atomic mass is 32.2. The van der Waals surface area contributed by atoms with Crippen molar-refractivity contribution in [2.24, 2.45) is 0 Å². The molecular weight excluding hydrogens is 377 g/mol. The van der Waals surface area contributed by atoms with Gasteiger partial charge in [0, 0.05) is 18.0 Å². The van der Waals surface area contributed by atoms with Crippen LogP contribution in [0.5, 0.6) is 0 Å². The summed E-state index contributed by atoms with van der Waals surface area (Å²) in [6.07, 6.45) is -1.25. The molecular formula is C18H13F3N4OS. The monoisotopic (exact) mass is 390 g/mol. The van der Waals surface area contributed by atoms with Gasteiger partial charge < -0.3 is 5.32 Å². The van der Waals surface area contributed by atoms with Crippen LogP contribution in [-0.4, -0.2) is 26.8 Å². The first-order valence-corrected chi connectivity index (χ1v) is 8.75. The maximum Gasteiger partial charge on any atom is 0.418 e. The summed E-state index contributed by atoms with van der Waals surface area (Å²) in [7, 11) is 0. The van der Waals surface area contributed by atoms with Crippen molar-refractivity contribution in [1.29, 1.82) is 0 Å². The number of anilines is 1. The first-order chi connectivity index (χ1) is 12.9. The van der Waals surface area contributed by atoms with E-state index in [1.54, 1.807) is 36.7 Å². The number of amides is 1. The lowest BCUT2D eigenvalue weighted by molar-refractivity contribution is -0.137. The van der Waals surface area contributed by atoms with Gasteiger partial charge in [0.1, 0.15) is 5.03 Å². The minimum Gasteiger partial charge on any atom is -0.325 e. The Hall–Kier alpha value is -2.94. The lowest BCUT2D eigenvalue weighted by Gasteiger charge is -2.13. The number of halogens is 3. The normalized spacial score (nSPS) is 11.2. The average Bonchev–Trinajstić information content (AvgIpc) is 2.67. The van der Waals surface area contributed by atoms with E-state index < -0.39 is 17.6 Å². The van der Waals surface area contributed by atoms with Gasteiger partial charge in [-0.25, -0.2) is 0 Å². The quantitative estimate of drug-likeness (QED) is 0.659. The van der Waals surface area contributed by atoms with Crippen molar-refractivity contribution in [3.63, 3.8) is 0 Å². The second-order valence-corrected chi connectivity index (χ2v) is 6.37. The number of hydrogen-bond donors (Lipinski definition) is 1. The number of thioether (sulfide) groups is 1. The van der Waals surface area contributed by atoms with Crippen molar-refractivity contribution < 1.29 is 18.0 Å². The Labute approximate surface area is 157 Å². The van der Waals surface area contributed by atoms with Crippen LogP contribution in [0.25, 0.3) is 11.3 Å². The van der Waals surface area contributed by atoms with Gasteiger partial charge in [0.05, 0.1) is 22.7 Å². The standard InChI is InChI=1S/C18H13F3N4OS/c19-18(20,21)13-3-1-2-4-15(13)23-16(26)11-27-17-6-5-14(24-25-17)12-7-9-22-10-8-12/h1-10H,11H2,(H,23,26). The van der Waals surface area contributed by atoms with Gasteiger partial charge in [-0.3, -0.25) is 9.78 Å². The Morgan fingerprint density at radius 3 is 2.41 bits per heavy atom. The minimum absolute atomic E-state index is 0.0878. The first kappa shape index (κ1) is 18.8. The van der Waals surface area contributed by atoms with Crippen molar-refractivity contribution in [3.05, 3.63) is 66.5 Å². The molecule has 1 N–H and O–H groups in total. The molecule has 0 unspecified atom stereocenters. The molecule has 0 spiro atoms. The maximum atomic E-state index is 12.9. The van der Waals surface area contributed by atoms with Crippen LogP contribution in [0.4, 0.5) is 18.9 Å². The Morgan fingerprint density at radius 2 is 1.74 bits per heavy atom. The van der Waals surface area contributed by atoms with Crippen LogP contribution in [-0.2, 0) is 11.0 Å². The van der Waals surface area contributed by atoms with Gasteiger partial charge in [-0.15, -0.1) is 10.2 Å². The summed E-state index contributed by atoms with van der Waals surface area (Å²) in [5.41, 5.74) is 0.362. The van der Waals surface area contributed by atoms with Gasteiger partial charge >= 0.3 is 6.18 Å². The number of alkyl halides is 3. The fourth-order valence-corrected chi connectivity index (χ4v) is 2.85. The highest BCUT2D eigenvalue weighted by Crippen LogP contribution is 2.34. The number of carbonyl (C=O) groups is 1. The third kappa shape index (κ3) is 5.04. The zero-order valence-electron chi connectivity index (χ0n) is 13.8. The molecule has 0 fully saturated rings. The predicted molar refractivity (Wildman–Crippen MR) is 96.1 cm³/mol. The molecule has 0 aliphatic carbocycles. The van der Waals surface area contributed by atoms with Crippen molar-refractivity contribution in [2.75, 3.05) is 11.1 Å². The van der Waals surface area contributed by atoms with E-state index in [9.17, 15) is 18.0 Å². The second kappa shape index (κ2) is 8.17. The van der Waals surface area contributed by atoms with Crippen LogP contribution < -0.4 is 5.32 Å². The number of para-hydroxylation sites is 1. The molecule has 0 atom stereocenters. The van der Waals surface area contributed by atoms with Crippen LogP contribution in [0.2, 0.25) is 0 Å². The molecule has 2 aromatic heterocycles. The van der Waals surface area contributed by atoms with Crippen molar-refractivity contribution in [2.45, 2.75) is 11.2 Å². The van der Waals surface area contributed by atoms with E-state index in [1.807, 2.05) is 0 Å². The smallest absolute Gasteiger partial charge is 0.325 e. The van der Waals surface area contributed by atoms with Crippen molar-refractivity contribution in [3.8, 4) is 11.3 Å². The van der Waals surface area contributed by atoms with E-state index in [4.69, 9.17) is 0 Å². The highest BCUT2D eigenvalue weighted by Gasteiger charge is 2.33. The lowest BCUT2D eigenvalue weighted by Crippen LogP contribution is -2.18. The van der Waals surface area contributed by atoms with Crippen LogP contribution >= 0.6 is 11.8 Å². The predicted octanol–water partition coefficient (Wildman–Crippen LogP) is 4.29. The van der Waals surface area contributed by atoms with E-state index in [-0.39, 0.29) is 11.4 Å². The van der Waals surface area contributed by atoms with Gasteiger partial charge in [0.15, 0.2) is 0 Å². The molecule has 0 saturated carbocycles. The summed E-state index contributed by atoms with van der Waals surface area (Å²) < 4.78 is 38.8. The van der Waals surface area contributed by atoms with Gasteiger partial charge in [-0.1, -0.05) is 23.9 Å². The molecule has 27 heavy (non-hydrogen) atoms. The molecule has 1 amide bonds. The van der Waals surface area contributed by atoms with E-state index in [1.165, 1.54) is 18.2 Å². The van der Waals surface area contributed by atoms with Gasteiger partial charge in [0.25, 0.3) is 0 Å². The number of nitrogens with one attached hydrogen (secondary N) is 1. The fourth-order valence-electron chi connectivity index (χ4n) is 2.24. The topological polar surface area (TPSA) is 67.8 Å². The molecule has 2 heterocycles. The van der Waals surface area contributed by atoms with Crippen LogP contribution in [0.1, 0.15) is 5.56 Å². The number of nitrogens with zero attached hydrogens (tertiary/aromatic N) is 3. The maximum absolute atomic E-state index is 12.9. The van der Waals surface area contributed by atoms with E-state index in [2.05, 4.69) is 20.5 Å². The molecule has 0 aliphatic heterocycles. The number of rotatable bonds is 5. The molecule has 1 aromatic carbocycles. The Bertz CT molecular complexity index is 918. The zero-order chi connectivity index (χ0) is 19.3. The third-order valence-electron chi connectivity index (χ3n) is 3.47. The summed E-state index contributed by atoms with van der Waals surface area (Å²) in [6.45, 7) is 0. The molecule has 0 saturated heterocycles. The van der Waals surface area contributed by atoms with E-state index in [0.29, 0.717) is 10.7 Å². The van der Waals surface area contributed by atoms with Crippen LogP contribution in [0, 0.1) is 0 Å². The van der Waals surface area contributed by atoms with Crippen molar-refractivity contribution >= 4 is 23.4 Å². The van der Waals surface area contributed by atoms with Gasteiger partial charge in [0.2, 0.25) is 5.91 Å². The third-order valence-corrected chi connectivity index (χ3v) is 4.39. The van der Waals surface area contributed by atoms with E-state index >= 15 is 0 Å². The van der Waals surface area contributed by atoms with Gasteiger partial charge in [-0.2, -0.15) is 13.2 Å². The summed E-state index contributed by atoms with van der Waals surface area (Å²) >= 11 is 1.09. The zero-order valence-corrected chi connectivity index (χ0v) is 14.6.